The molecule has 0 aliphatic carbocycles. The molecule has 0 amide bonds. The second-order valence-electron chi connectivity index (χ2n) is 4.69. The fraction of sp³-hybridized carbons (Fsp3) is 0.929. The van der Waals surface area contributed by atoms with Crippen LogP contribution < -0.4 is 5.32 Å². The second-order valence-corrected chi connectivity index (χ2v) is 4.69. The average molecular weight is 272 g/mol. The molecule has 0 saturated heterocycles. The third-order valence-electron chi connectivity index (χ3n) is 2.77. The molecular formula is C14H28N2O3. The van der Waals surface area contributed by atoms with Gasteiger partial charge >= 0.3 is 0 Å². The Labute approximate surface area is 117 Å². The van der Waals surface area contributed by atoms with Crippen LogP contribution in [-0.2, 0) is 14.2 Å². The van der Waals surface area contributed by atoms with Crippen LogP contribution in [0.25, 0.3) is 0 Å². The summed E-state index contributed by atoms with van der Waals surface area (Å²) in [5.74, 6) is 0. The summed E-state index contributed by atoms with van der Waals surface area (Å²) in [6.07, 6.45) is 2.60. The van der Waals surface area contributed by atoms with Gasteiger partial charge in [-0.3, -0.25) is 5.32 Å². The smallest absolute Gasteiger partial charge is 0.106 e. The summed E-state index contributed by atoms with van der Waals surface area (Å²) in [4.78, 5) is 0. The molecule has 5 heteroatoms. The van der Waals surface area contributed by atoms with E-state index < -0.39 is 5.54 Å². The number of nitriles is 1. The van der Waals surface area contributed by atoms with Crippen molar-refractivity contribution in [2.45, 2.75) is 38.6 Å². The van der Waals surface area contributed by atoms with E-state index in [-0.39, 0.29) is 0 Å². The van der Waals surface area contributed by atoms with Crippen LogP contribution in [0.4, 0.5) is 0 Å². The van der Waals surface area contributed by atoms with E-state index in [0.717, 1.165) is 19.4 Å². The number of rotatable bonds is 13. The summed E-state index contributed by atoms with van der Waals surface area (Å²) in [5.41, 5.74) is -0.481. The maximum Gasteiger partial charge on any atom is 0.106 e. The Morgan fingerprint density at radius 2 is 1.79 bits per heavy atom. The van der Waals surface area contributed by atoms with Crippen molar-refractivity contribution in [2.75, 3.05) is 46.7 Å². The van der Waals surface area contributed by atoms with E-state index in [9.17, 15) is 0 Å². The molecule has 1 atom stereocenters. The molecule has 1 N–H and O–H groups in total. The minimum Gasteiger partial charge on any atom is -0.382 e. The van der Waals surface area contributed by atoms with Gasteiger partial charge < -0.3 is 14.2 Å². The molecule has 0 aliphatic rings. The highest BCUT2D eigenvalue weighted by Crippen LogP contribution is 2.08. The first-order valence-electron chi connectivity index (χ1n) is 6.99. The van der Waals surface area contributed by atoms with E-state index in [2.05, 4.69) is 18.3 Å². The summed E-state index contributed by atoms with van der Waals surface area (Å²) in [5, 5.41) is 12.4. The van der Waals surface area contributed by atoms with Crippen LogP contribution in [0.1, 0.15) is 33.1 Å². The maximum atomic E-state index is 9.14. The molecule has 0 aromatic rings. The summed E-state index contributed by atoms with van der Waals surface area (Å²) in [6.45, 7) is 8.07. The Morgan fingerprint density at radius 3 is 2.37 bits per heavy atom. The van der Waals surface area contributed by atoms with Crippen molar-refractivity contribution in [1.82, 2.24) is 5.32 Å². The highest BCUT2D eigenvalue weighted by Gasteiger charge is 2.21. The minimum absolute atomic E-state index is 0.481. The fourth-order valence-corrected chi connectivity index (χ4v) is 1.47. The van der Waals surface area contributed by atoms with Crippen molar-refractivity contribution in [2.24, 2.45) is 0 Å². The molecule has 0 bridgehead atoms. The lowest BCUT2D eigenvalue weighted by Gasteiger charge is -2.22. The SMILES string of the molecule is CCCNC(C)(C#N)CCOCCCOCCOC. The molecule has 0 aliphatic heterocycles. The fourth-order valence-electron chi connectivity index (χ4n) is 1.47. The number of hydrogen-bond donors (Lipinski definition) is 1. The van der Waals surface area contributed by atoms with Gasteiger partial charge in [-0.15, -0.1) is 0 Å². The van der Waals surface area contributed by atoms with E-state index >= 15 is 0 Å². The Hall–Kier alpha value is -0.670. The summed E-state index contributed by atoms with van der Waals surface area (Å²) in [6, 6.07) is 2.31. The minimum atomic E-state index is -0.481. The molecular weight excluding hydrogens is 244 g/mol. The van der Waals surface area contributed by atoms with Gasteiger partial charge in [0.25, 0.3) is 0 Å². The third kappa shape index (κ3) is 10.9. The first-order valence-corrected chi connectivity index (χ1v) is 6.99. The molecule has 0 saturated carbocycles. The molecule has 0 fully saturated rings. The van der Waals surface area contributed by atoms with Crippen molar-refractivity contribution in [3.63, 3.8) is 0 Å². The van der Waals surface area contributed by atoms with Gasteiger partial charge in [0.1, 0.15) is 5.54 Å². The molecule has 0 rings (SSSR count). The molecule has 112 valence electrons. The third-order valence-corrected chi connectivity index (χ3v) is 2.77. The van der Waals surface area contributed by atoms with Crippen molar-refractivity contribution in [3.05, 3.63) is 0 Å². The first kappa shape index (κ1) is 18.3. The predicted molar refractivity (Wildman–Crippen MR) is 75.1 cm³/mol. The number of nitrogens with one attached hydrogen (secondary N) is 1. The first-order chi connectivity index (χ1) is 9.18. The molecule has 0 aromatic heterocycles. The molecule has 19 heavy (non-hydrogen) atoms. The van der Waals surface area contributed by atoms with Gasteiger partial charge in [-0.1, -0.05) is 6.92 Å². The van der Waals surface area contributed by atoms with Gasteiger partial charge in [0.2, 0.25) is 0 Å². The van der Waals surface area contributed by atoms with Gasteiger partial charge in [-0.05, 0) is 26.3 Å². The number of nitrogens with zero attached hydrogens (tertiary/aromatic N) is 1. The van der Waals surface area contributed by atoms with Crippen molar-refractivity contribution in [1.29, 1.82) is 5.26 Å². The standard InChI is InChI=1S/C14H28N2O3/c1-4-7-16-14(2,13-15)6-10-18-8-5-9-19-12-11-17-3/h16H,4-12H2,1-3H3. The van der Waals surface area contributed by atoms with E-state index in [1.165, 1.54) is 0 Å². The Kier molecular flexibility index (Phi) is 11.9. The maximum absolute atomic E-state index is 9.14. The van der Waals surface area contributed by atoms with Crippen molar-refractivity contribution >= 4 is 0 Å². The lowest BCUT2D eigenvalue weighted by Crippen LogP contribution is -2.42. The van der Waals surface area contributed by atoms with Crippen molar-refractivity contribution in [3.8, 4) is 6.07 Å². The van der Waals surface area contributed by atoms with Crippen LogP contribution in [0, 0.1) is 11.3 Å². The van der Waals surface area contributed by atoms with Crippen molar-refractivity contribution < 1.29 is 14.2 Å². The number of ether oxygens (including phenoxy) is 3. The van der Waals surface area contributed by atoms with Crippen LogP contribution in [0.5, 0.6) is 0 Å². The summed E-state index contributed by atoms with van der Waals surface area (Å²) >= 11 is 0. The molecule has 0 radical (unpaired) electrons. The zero-order valence-electron chi connectivity index (χ0n) is 12.5. The Balaban J connectivity index is 3.44. The second kappa shape index (κ2) is 12.4. The number of methoxy groups -OCH3 is 1. The summed E-state index contributed by atoms with van der Waals surface area (Å²) < 4.78 is 15.7. The monoisotopic (exact) mass is 272 g/mol. The molecule has 1 unspecified atom stereocenters. The Bertz CT molecular complexity index is 243. The van der Waals surface area contributed by atoms with Gasteiger partial charge in [-0.2, -0.15) is 5.26 Å². The van der Waals surface area contributed by atoms with Gasteiger partial charge in [-0.25, -0.2) is 0 Å². The quantitative estimate of drug-likeness (QED) is 0.517. The van der Waals surface area contributed by atoms with Crippen LogP contribution in [0.15, 0.2) is 0 Å². The van der Waals surface area contributed by atoms with E-state index in [0.29, 0.717) is 39.5 Å². The zero-order chi connectivity index (χ0) is 14.4. The van der Waals surface area contributed by atoms with E-state index in [4.69, 9.17) is 19.5 Å². The van der Waals surface area contributed by atoms with Crippen LogP contribution in [0.3, 0.4) is 0 Å². The molecule has 0 aromatic carbocycles. The predicted octanol–water partition coefficient (Wildman–Crippen LogP) is 1.73. The average Bonchev–Trinajstić information content (AvgIpc) is 2.43. The molecule has 5 nitrogen and oxygen atoms in total. The van der Waals surface area contributed by atoms with Crippen LogP contribution in [-0.4, -0.2) is 52.2 Å². The van der Waals surface area contributed by atoms with Gasteiger partial charge in [0, 0.05) is 33.4 Å². The number of hydrogen-bond acceptors (Lipinski definition) is 5. The van der Waals surface area contributed by atoms with Gasteiger partial charge in [0.05, 0.1) is 19.3 Å². The lowest BCUT2D eigenvalue weighted by atomic mass is 10.0. The highest BCUT2D eigenvalue weighted by atomic mass is 16.5. The normalized spacial score (nSPS) is 14.0. The van der Waals surface area contributed by atoms with E-state index in [1.54, 1.807) is 7.11 Å². The van der Waals surface area contributed by atoms with E-state index in [1.807, 2.05) is 6.92 Å². The van der Waals surface area contributed by atoms with Crippen LogP contribution >= 0.6 is 0 Å². The largest absolute Gasteiger partial charge is 0.382 e. The topological polar surface area (TPSA) is 63.5 Å². The molecule has 0 heterocycles. The van der Waals surface area contributed by atoms with Gasteiger partial charge in [0.15, 0.2) is 0 Å². The lowest BCUT2D eigenvalue weighted by molar-refractivity contribution is 0.0491. The summed E-state index contributed by atoms with van der Waals surface area (Å²) in [7, 11) is 1.66. The Morgan fingerprint density at radius 1 is 1.11 bits per heavy atom. The van der Waals surface area contributed by atoms with Crippen LogP contribution in [0.2, 0.25) is 0 Å². The molecule has 0 spiro atoms. The zero-order valence-corrected chi connectivity index (χ0v) is 12.5. The highest BCUT2D eigenvalue weighted by molar-refractivity contribution is 5.03.